The van der Waals surface area contributed by atoms with Crippen LogP contribution in [0.2, 0.25) is 0 Å². The Kier molecular flexibility index (Phi) is 4.22. The molecule has 1 heterocycles. The second-order valence-corrected chi connectivity index (χ2v) is 5.55. The van der Waals surface area contributed by atoms with Crippen LogP contribution in [0, 0.1) is 0 Å². The molecule has 2 rings (SSSR count). The Morgan fingerprint density at radius 3 is 2.61 bits per heavy atom. The summed E-state index contributed by atoms with van der Waals surface area (Å²) in [5.74, 6) is -0.846. The number of amides is 1. The molecule has 0 aromatic carbocycles. The molecule has 1 atom stereocenters. The molecule has 1 aliphatic carbocycles. The minimum Gasteiger partial charge on any atom is -0.481 e. The number of carbonyl (C=O) groups is 2. The van der Waals surface area contributed by atoms with Gasteiger partial charge in [0.2, 0.25) is 5.91 Å². The largest absolute Gasteiger partial charge is 0.481 e. The van der Waals surface area contributed by atoms with Crippen LogP contribution in [0.1, 0.15) is 51.4 Å². The molecule has 2 aliphatic rings. The fraction of sp³-hybridized carbons (Fsp3) is 0.846. The highest BCUT2D eigenvalue weighted by Gasteiger charge is 2.41. The second-order valence-electron chi connectivity index (χ2n) is 5.55. The smallest absolute Gasteiger partial charge is 0.305 e. The van der Waals surface area contributed by atoms with Crippen LogP contribution in [0.15, 0.2) is 0 Å². The lowest BCUT2D eigenvalue weighted by molar-refractivity contribution is -0.140. The molecular weight excluding hydrogens is 232 g/mol. The summed E-state index contributed by atoms with van der Waals surface area (Å²) < 4.78 is 0. The average Bonchev–Trinajstić information content (AvgIpc) is 2.53. The number of aliphatic carboxylic acids is 1. The normalized spacial score (nSPS) is 26.8. The summed E-state index contributed by atoms with van der Waals surface area (Å²) in [6.45, 7) is 0.879. The lowest BCUT2D eigenvalue weighted by atomic mass is 9.74. The van der Waals surface area contributed by atoms with E-state index in [1.165, 1.54) is 0 Å². The van der Waals surface area contributed by atoms with Gasteiger partial charge in [-0.25, -0.2) is 0 Å². The van der Waals surface area contributed by atoms with E-state index in [1.54, 1.807) is 0 Å². The Hall–Kier alpha value is -1.10. The molecule has 0 radical (unpaired) electrons. The molecule has 1 unspecified atom stereocenters. The van der Waals surface area contributed by atoms with E-state index in [1.807, 2.05) is 0 Å². The van der Waals surface area contributed by atoms with Crippen molar-refractivity contribution >= 4 is 11.9 Å². The number of hydrogen-bond donors (Lipinski definition) is 3. The predicted octanol–water partition coefficient (Wildman–Crippen LogP) is 1.03. The van der Waals surface area contributed by atoms with E-state index >= 15 is 0 Å². The summed E-state index contributed by atoms with van der Waals surface area (Å²) in [5, 5.41) is 15.1. The third kappa shape index (κ3) is 3.22. The van der Waals surface area contributed by atoms with Gasteiger partial charge in [0, 0.05) is 0 Å². The van der Waals surface area contributed by atoms with Crippen LogP contribution in [-0.2, 0) is 9.59 Å². The molecule has 1 saturated carbocycles. The molecule has 2 fully saturated rings. The third-order valence-corrected chi connectivity index (χ3v) is 4.07. The van der Waals surface area contributed by atoms with Crippen molar-refractivity contribution in [1.29, 1.82) is 0 Å². The van der Waals surface area contributed by atoms with Crippen molar-refractivity contribution in [3.8, 4) is 0 Å². The Balaban J connectivity index is 1.90. The number of rotatable bonds is 4. The highest BCUT2D eigenvalue weighted by Crippen LogP contribution is 2.35. The zero-order valence-electron chi connectivity index (χ0n) is 10.7. The molecule has 1 aliphatic heterocycles. The summed E-state index contributed by atoms with van der Waals surface area (Å²) in [6, 6.07) is -0.140. The molecule has 1 amide bonds. The summed E-state index contributed by atoms with van der Waals surface area (Å²) in [6.07, 6.45) is 6.83. The van der Waals surface area contributed by atoms with Gasteiger partial charge in [-0.05, 0) is 38.6 Å². The average molecular weight is 254 g/mol. The number of hydrogen-bond acceptors (Lipinski definition) is 3. The van der Waals surface area contributed by atoms with E-state index in [-0.39, 0.29) is 18.4 Å². The molecule has 18 heavy (non-hydrogen) atoms. The highest BCUT2D eigenvalue weighted by molar-refractivity contribution is 5.83. The quantitative estimate of drug-likeness (QED) is 0.700. The van der Waals surface area contributed by atoms with Gasteiger partial charge < -0.3 is 15.7 Å². The summed E-state index contributed by atoms with van der Waals surface area (Å²) in [5.41, 5.74) is -0.475. The summed E-state index contributed by atoms with van der Waals surface area (Å²) in [7, 11) is 0. The van der Waals surface area contributed by atoms with Crippen LogP contribution in [0.3, 0.4) is 0 Å². The van der Waals surface area contributed by atoms with E-state index in [0.29, 0.717) is 0 Å². The molecule has 0 spiro atoms. The second kappa shape index (κ2) is 5.69. The molecule has 1 saturated heterocycles. The van der Waals surface area contributed by atoms with E-state index in [4.69, 9.17) is 5.11 Å². The van der Waals surface area contributed by atoms with Gasteiger partial charge in [0.25, 0.3) is 0 Å². The van der Waals surface area contributed by atoms with Crippen molar-refractivity contribution in [2.24, 2.45) is 0 Å². The molecule has 102 valence electrons. The van der Waals surface area contributed by atoms with Gasteiger partial charge in [0.15, 0.2) is 0 Å². The molecule has 0 aromatic rings. The van der Waals surface area contributed by atoms with E-state index in [0.717, 1.165) is 51.5 Å². The van der Waals surface area contributed by atoms with Crippen molar-refractivity contribution in [1.82, 2.24) is 10.6 Å². The Morgan fingerprint density at radius 2 is 2.00 bits per heavy atom. The van der Waals surface area contributed by atoms with Gasteiger partial charge in [-0.2, -0.15) is 0 Å². The van der Waals surface area contributed by atoms with E-state index in [2.05, 4.69) is 10.6 Å². The predicted molar refractivity (Wildman–Crippen MR) is 67.2 cm³/mol. The fourth-order valence-corrected chi connectivity index (χ4v) is 2.84. The van der Waals surface area contributed by atoms with E-state index < -0.39 is 11.5 Å². The molecular formula is C13H22N2O3. The molecule has 5 nitrogen and oxygen atoms in total. The first-order valence-corrected chi connectivity index (χ1v) is 6.89. The van der Waals surface area contributed by atoms with Gasteiger partial charge in [-0.1, -0.05) is 12.8 Å². The monoisotopic (exact) mass is 254 g/mol. The Labute approximate surface area is 107 Å². The first-order chi connectivity index (χ1) is 8.61. The van der Waals surface area contributed by atoms with Crippen LogP contribution in [0.4, 0.5) is 0 Å². The summed E-state index contributed by atoms with van der Waals surface area (Å²) in [4.78, 5) is 23.0. The maximum atomic E-state index is 12.2. The summed E-state index contributed by atoms with van der Waals surface area (Å²) >= 11 is 0. The van der Waals surface area contributed by atoms with Crippen LogP contribution in [-0.4, -0.2) is 35.1 Å². The fourth-order valence-electron chi connectivity index (χ4n) is 2.84. The van der Waals surface area contributed by atoms with E-state index in [9.17, 15) is 9.59 Å². The van der Waals surface area contributed by atoms with Gasteiger partial charge in [-0.3, -0.25) is 9.59 Å². The van der Waals surface area contributed by atoms with Crippen LogP contribution in [0.5, 0.6) is 0 Å². The van der Waals surface area contributed by atoms with Crippen LogP contribution < -0.4 is 10.6 Å². The minimum absolute atomic E-state index is 0.0159. The number of nitrogens with one attached hydrogen (secondary N) is 2. The lowest BCUT2D eigenvalue weighted by Gasteiger charge is -2.42. The number of carboxylic acids is 1. The first-order valence-electron chi connectivity index (χ1n) is 6.89. The molecule has 0 bridgehead atoms. The number of carbonyl (C=O) groups excluding carboxylic acids is 1. The molecule has 3 N–H and O–H groups in total. The minimum atomic E-state index is -0.830. The SMILES string of the molecule is O=C(O)CC1(NC(=O)C2CCCCCN2)CCC1. The van der Waals surface area contributed by atoms with Gasteiger partial charge in [0.1, 0.15) is 0 Å². The van der Waals surface area contributed by atoms with Crippen molar-refractivity contribution in [2.45, 2.75) is 62.9 Å². The lowest BCUT2D eigenvalue weighted by Crippen LogP contribution is -2.58. The van der Waals surface area contributed by atoms with Crippen molar-refractivity contribution in [3.05, 3.63) is 0 Å². The Morgan fingerprint density at radius 1 is 1.22 bits per heavy atom. The van der Waals surface area contributed by atoms with Gasteiger partial charge >= 0.3 is 5.97 Å². The van der Waals surface area contributed by atoms with Crippen LogP contribution >= 0.6 is 0 Å². The Bertz CT molecular complexity index is 318. The zero-order chi connectivity index (χ0) is 13.0. The standard InChI is InChI=1S/C13H22N2O3/c16-11(17)9-13(6-4-7-13)15-12(18)10-5-2-1-3-8-14-10/h10,14H,1-9H2,(H,15,18)(H,16,17). The molecule has 5 heteroatoms. The van der Waals surface area contributed by atoms with Gasteiger partial charge in [0.05, 0.1) is 18.0 Å². The third-order valence-electron chi connectivity index (χ3n) is 4.07. The van der Waals surface area contributed by atoms with Crippen LogP contribution in [0.25, 0.3) is 0 Å². The molecule has 0 aromatic heterocycles. The zero-order valence-corrected chi connectivity index (χ0v) is 10.7. The van der Waals surface area contributed by atoms with Crippen molar-refractivity contribution in [2.75, 3.05) is 6.54 Å². The number of carboxylic acid groups (broad SMARTS) is 1. The highest BCUT2D eigenvalue weighted by atomic mass is 16.4. The maximum absolute atomic E-state index is 12.2. The van der Waals surface area contributed by atoms with Gasteiger partial charge in [-0.15, -0.1) is 0 Å². The topological polar surface area (TPSA) is 78.4 Å². The van der Waals surface area contributed by atoms with Crippen molar-refractivity contribution < 1.29 is 14.7 Å². The maximum Gasteiger partial charge on any atom is 0.305 e. The first kappa shape index (κ1) is 13.3. The van der Waals surface area contributed by atoms with Crippen molar-refractivity contribution in [3.63, 3.8) is 0 Å².